The van der Waals surface area contributed by atoms with Crippen LogP contribution in [0.5, 0.6) is 0 Å². The number of esters is 1. The Morgan fingerprint density at radius 1 is 1.10 bits per heavy atom. The molecule has 0 spiro atoms. The monoisotopic (exact) mass is 394 g/mol. The van der Waals surface area contributed by atoms with E-state index >= 15 is 0 Å². The van der Waals surface area contributed by atoms with E-state index in [1.807, 2.05) is 44.2 Å². The molecule has 3 aromatic rings. The molecule has 6 heteroatoms. The number of carbonyl (C=O) groups is 2. The smallest absolute Gasteiger partial charge is 0.340 e. The summed E-state index contributed by atoms with van der Waals surface area (Å²) in [4.78, 5) is 31.1. The summed E-state index contributed by atoms with van der Waals surface area (Å²) >= 11 is 0. The van der Waals surface area contributed by atoms with Crippen LogP contribution in [0.2, 0.25) is 0 Å². The van der Waals surface area contributed by atoms with Crippen LogP contribution in [0.3, 0.4) is 0 Å². The number of aromatic nitrogens is 1. The first-order chi connectivity index (χ1) is 13.8. The van der Waals surface area contributed by atoms with E-state index in [2.05, 4.69) is 4.98 Å². The summed E-state index contributed by atoms with van der Waals surface area (Å²) in [5.74, 6) is -1.29. The Morgan fingerprint density at radius 3 is 2.52 bits per heavy atom. The molecule has 0 aliphatic carbocycles. The highest BCUT2D eigenvalue weighted by molar-refractivity contribution is 5.96. The van der Waals surface area contributed by atoms with Gasteiger partial charge in [0, 0.05) is 24.0 Å². The van der Waals surface area contributed by atoms with Gasteiger partial charge >= 0.3 is 5.97 Å². The van der Waals surface area contributed by atoms with E-state index in [1.54, 1.807) is 24.0 Å². The minimum atomic E-state index is -0.627. The fraction of sp³-hybridized carbons (Fsp3) is 0.261. The normalized spacial score (nSPS) is 10.9. The zero-order valence-electron chi connectivity index (χ0n) is 16.7. The maximum absolute atomic E-state index is 13.4. The molecule has 5 nitrogen and oxygen atoms in total. The fourth-order valence-corrected chi connectivity index (χ4v) is 3.07. The van der Waals surface area contributed by atoms with Crippen LogP contribution >= 0.6 is 0 Å². The molecule has 0 N–H and O–H groups in total. The van der Waals surface area contributed by atoms with E-state index in [1.165, 1.54) is 12.1 Å². The third kappa shape index (κ3) is 4.96. The van der Waals surface area contributed by atoms with E-state index in [-0.39, 0.29) is 24.1 Å². The van der Waals surface area contributed by atoms with Crippen LogP contribution in [0.25, 0.3) is 10.9 Å². The van der Waals surface area contributed by atoms with Gasteiger partial charge in [0.15, 0.2) is 6.61 Å². The molecule has 150 valence electrons. The second-order valence-corrected chi connectivity index (χ2v) is 7.14. The molecule has 3 rings (SSSR count). The second kappa shape index (κ2) is 8.82. The summed E-state index contributed by atoms with van der Waals surface area (Å²) in [7, 11) is 0. The Kier molecular flexibility index (Phi) is 6.22. The molecule has 0 saturated carbocycles. The number of hydrogen-bond acceptors (Lipinski definition) is 4. The first-order valence-corrected chi connectivity index (χ1v) is 9.42. The topological polar surface area (TPSA) is 59.5 Å². The maximum Gasteiger partial charge on any atom is 0.340 e. The van der Waals surface area contributed by atoms with Gasteiger partial charge in [-0.15, -0.1) is 0 Å². The van der Waals surface area contributed by atoms with Crippen molar-refractivity contribution in [2.75, 3.05) is 6.61 Å². The van der Waals surface area contributed by atoms with E-state index in [0.717, 1.165) is 5.56 Å². The highest BCUT2D eigenvalue weighted by atomic mass is 19.1. The van der Waals surface area contributed by atoms with Crippen LogP contribution in [0.15, 0.2) is 54.6 Å². The average molecular weight is 394 g/mol. The molecule has 0 fully saturated rings. The first kappa shape index (κ1) is 20.5. The van der Waals surface area contributed by atoms with E-state index in [9.17, 15) is 14.0 Å². The van der Waals surface area contributed by atoms with Crippen molar-refractivity contribution >= 4 is 22.8 Å². The van der Waals surface area contributed by atoms with Gasteiger partial charge in [0.25, 0.3) is 5.91 Å². The number of halogens is 1. The van der Waals surface area contributed by atoms with Crippen LogP contribution in [-0.2, 0) is 16.1 Å². The molecule has 2 aromatic carbocycles. The van der Waals surface area contributed by atoms with E-state index in [4.69, 9.17) is 4.74 Å². The van der Waals surface area contributed by atoms with Crippen molar-refractivity contribution in [3.8, 4) is 0 Å². The Morgan fingerprint density at radius 2 is 1.83 bits per heavy atom. The number of aryl methyl sites for hydroxylation is 1. The number of ether oxygens (including phenoxy) is 1. The van der Waals surface area contributed by atoms with Crippen LogP contribution < -0.4 is 0 Å². The number of amides is 1. The quantitative estimate of drug-likeness (QED) is 0.586. The van der Waals surface area contributed by atoms with Gasteiger partial charge in [-0.2, -0.15) is 0 Å². The van der Waals surface area contributed by atoms with Gasteiger partial charge in [-0.3, -0.25) is 9.78 Å². The molecule has 0 radical (unpaired) electrons. The van der Waals surface area contributed by atoms with Crippen molar-refractivity contribution in [2.45, 2.75) is 33.4 Å². The molecule has 0 aliphatic rings. The van der Waals surface area contributed by atoms with Crippen LogP contribution in [0.4, 0.5) is 4.39 Å². The highest BCUT2D eigenvalue weighted by Gasteiger charge is 2.20. The maximum atomic E-state index is 13.4. The van der Waals surface area contributed by atoms with Crippen LogP contribution in [0, 0.1) is 12.7 Å². The lowest BCUT2D eigenvalue weighted by Gasteiger charge is -2.26. The molecule has 0 saturated heterocycles. The van der Waals surface area contributed by atoms with Crippen molar-refractivity contribution in [2.24, 2.45) is 0 Å². The number of benzene rings is 2. The number of pyridine rings is 1. The summed E-state index contributed by atoms with van der Waals surface area (Å²) < 4.78 is 18.6. The summed E-state index contributed by atoms with van der Waals surface area (Å²) in [6.07, 6.45) is 0. The zero-order chi connectivity index (χ0) is 21.0. The third-order valence-corrected chi connectivity index (χ3v) is 4.66. The van der Waals surface area contributed by atoms with Crippen molar-refractivity contribution in [1.82, 2.24) is 9.88 Å². The Bertz CT molecular complexity index is 1030. The number of carbonyl (C=O) groups excluding carboxylic acids is 2. The van der Waals surface area contributed by atoms with Gasteiger partial charge in [0.2, 0.25) is 0 Å². The predicted octanol–water partition coefficient (Wildman–Crippen LogP) is 4.28. The van der Waals surface area contributed by atoms with Crippen molar-refractivity contribution in [1.29, 1.82) is 0 Å². The molecule has 0 atom stereocenters. The lowest BCUT2D eigenvalue weighted by molar-refractivity contribution is -0.136. The van der Waals surface area contributed by atoms with E-state index in [0.29, 0.717) is 23.1 Å². The van der Waals surface area contributed by atoms with E-state index < -0.39 is 11.8 Å². The Hall–Kier alpha value is -3.28. The van der Waals surface area contributed by atoms with Gasteiger partial charge in [-0.05, 0) is 44.5 Å². The summed E-state index contributed by atoms with van der Waals surface area (Å²) in [6, 6.07) is 15.4. The molecule has 0 bridgehead atoms. The van der Waals surface area contributed by atoms with Crippen molar-refractivity contribution < 1.29 is 18.7 Å². The van der Waals surface area contributed by atoms with Crippen LogP contribution in [-0.4, -0.2) is 34.4 Å². The van der Waals surface area contributed by atoms with Gasteiger partial charge < -0.3 is 9.64 Å². The molecule has 0 unspecified atom stereocenters. The number of rotatable bonds is 6. The van der Waals surface area contributed by atoms with Gasteiger partial charge in [-0.1, -0.05) is 30.3 Å². The fourth-order valence-electron chi connectivity index (χ4n) is 3.07. The second-order valence-electron chi connectivity index (χ2n) is 7.14. The molecular formula is C23H23FN2O3. The minimum Gasteiger partial charge on any atom is -0.452 e. The summed E-state index contributed by atoms with van der Waals surface area (Å²) in [6.45, 7) is 5.57. The third-order valence-electron chi connectivity index (χ3n) is 4.66. The number of fused-ring (bicyclic) bond motifs is 1. The average Bonchev–Trinajstić information content (AvgIpc) is 2.70. The minimum absolute atomic E-state index is 0.0413. The number of nitrogens with zero attached hydrogens (tertiary/aromatic N) is 2. The van der Waals surface area contributed by atoms with Crippen LogP contribution in [0.1, 0.15) is 35.5 Å². The largest absolute Gasteiger partial charge is 0.452 e. The van der Waals surface area contributed by atoms with Gasteiger partial charge in [-0.25, -0.2) is 9.18 Å². The highest BCUT2D eigenvalue weighted by Crippen LogP contribution is 2.18. The lowest BCUT2D eigenvalue weighted by atomic mass is 10.1. The molecule has 1 amide bonds. The summed E-state index contributed by atoms with van der Waals surface area (Å²) in [5.41, 5.74) is 2.15. The Balaban J connectivity index is 1.70. The predicted molar refractivity (Wildman–Crippen MR) is 109 cm³/mol. The molecule has 1 aromatic heterocycles. The SMILES string of the molecule is Cc1nc2cc(F)ccc2cc1C(=O)OCC(=O)N(Cc1ccccc1)C(C)C. The van der Waals surface area contributed by atoms with Crippen molar-refractivity contribution in [3.63, 3.8) is 0 Å². The molecule has 1 heterocycles. The summed E-state index contributed by atoms with van der Waals surface area (Å²) in [5, 5.41) is 0.628. The molecular weight excluding hydrogens is 371 g/mol. The van der Waals surface area contributed by atoms with Gasteiger partial charge in [0.1, 0.15) is 5.82 Å². The van der Waals surface area contributed by atoms with Gasteiger partial charge in [0.05, 0.1) is 16.8 Å². The standard InChI is InChI=1S/C23H23FN2O3/c1-15(2)26(13-17-7-5-4-6-8-17)22(27)14-29-23(28)20-11-18-9-10-19(24)12-21(18)25-16(20)3/h4-12,15H,13-14H2,1-3H3. The van der Waals surface area contributed by atoms with Crippen molar-refractivity contribution in [3.05, 3.63) is 77.2 Å². The first-order valence-electron chi connectivity index (χ1n) is 9.42. The Labute approximate surface area is 169 Å². The molecule has 29 heavy (non-hydrogen) atoms. The molecule has 0 aliphatic heterocycles. The zero-order valence-corrected chi connectivity index (χ0v) is 16.7. The number of hydrogen-bond donors (Lipinski definition) is 0. The lowest BCUT2D eigenvalue weighted by Crippen LogP contribution is -2.39.